The first-order valence-electron chi connectivity index (χ1n) is 29.5. The first kappa shape index (κ1) is 63.3. The zero-order chi connectivity index (χ0) is 59.7. The highest BCUT2D eigenvalue weighted by Gasteiger charge is 2.72. The Morgan fingerprint density at radius 3 is 1.83 bits per heavy atom. The fourth-order valence-corrected chi connectivity index (χ4v) is 17.2. The molecule has 5 saturated heterocycles. The molecule has 0 aromatic heterocycles. The topological polar surface area (TPSA) is 393 Å². The second kappa shape index (κ2) is 23.0. The number of ether oxygens (including phenoxy) is 10. The Morgan fingerprint density at radius 2 is 1.15 bits per heavy atom. The van der Waals surface area contributed by atoms with Gasteiger partial charge in [-0.1, -0.05) is 60.1 Å². The molecule has 82 heavy (non-hydrogen) atoms. The molecule has 10 aliphatic rings. The molecule has 0 radical (unpaired) electrons. The summed E-state index contributed by atoms with van der Waals surface area (Å²) in [6.07, 6.45) is -28.7. The Kier molecular flexibility index (Phi) is 17.8. The van der Waals surface area contributed by atoms with Crippen molar-refractivity contribution in [3.63, 3.8) is 0 Å². The zero-order valence-electron chi connectivity index (χ0n) is 48.1. The number of allylic oxidation sites excluding steroid dienone is 2. The number of carbonyl (C=O) groups is 1. The Bertz CT molecular complexity index is 2290. The molecule has 25 heteroatoms. The predicted octanol–water partition coefficient (Wildman–Crippen LogP) is -2.30. The van der Waals surface area contributed by atoms with Crippen LogP contribution in [0.5, 0.6) is 0 Å². The molecule has 9 fully saturated rings. The lowest BCUT2D eigenvalue weighted by molar-refractivity contribution is -0.375. The van der Waals surface area contributed by atoms with Gasteiger partial charge in [-0.05, 0) is 110 Å². The van der Waals surface area contributed by atoms with Crippen LogP contribution in [-0.2, 0) is 52.2 Å². The minimum atomic E-state index is -1.95. The van der Waals surface area contributed by atoms with Crippen LogP contribution in [0.2, 0.25) is 0 Å². The lowest BCUT2D eigenvalue weighted by Crippen LogP contribution is -2.68. The summed E-state index contributed by atoms with van der Waals surface area (Å²) < 4.78 is 59.1. The van der Waals surface area contributed by atoms with E-state index in [9.17, 15) is 71.5 Å². The maximum absolute atomic E-state index is 15.4. The van der Waals surface area contributed by atoms with Crippen LogP contribution < -0.4 is 0 Å². The normalized spacial score (nSPS) is 54.8. The van der Waals surface area contributed by atoms with E-state index in [0.29, 0.717) is 25.7 Å². The summed E-state index contributed by atoms with van der Waals surface area (Å²) in [5.74, 6) is -0.982. The molecule has 0 unspecified atom stereocenters. The maximum atomic E-state index is 15.4. The van der Waals surface area contributed by atoms with Crippen LogP contribution in [0.3, 0.4) is 0 Å². The molecule has 5 aliphatic carbocycles. The van der Waals surface area contributed by atoms with E-state index >= 15 is 4.79 Å². The van der Waals surface area contributed by atoms with E-state index in [1.165, 1.54) is 6.92 Å². The van der Waals surface area contributed by atoms with Crippen LogP contribution in [0.25, 0.3) is 0 Å². The van der Waals surface area contributed by atoms with Gasteiger partial charge in [0, 0.05) is 0 Å². The van der Waals surface area contributed by atoms with Gasteiger partial charge in [-0.25, -0.2) is 0 Å². The van der Waals surface area contributed by atoms with Gasteiger partial charge in [0.05, 0.1) is 44.7 Å². The molecular weight excluding hydrogens is 1080 g/mol. The molecule has 31 atom stereocenters. The lowest BCUT2D eigenvalue weighted by atomic mass is 9.33. The molecule has 0 amide bonds. The molecule has 5 aliphatic heterocycles. The first-order chi connectivity index (χ1) is 38.4. The van der Waals surface area contributed by atoms with Gasteiger partial charge >= 0.3 is 5.97 Å². The van der Waals surface area contributed by atoms with Crippen molar-refractivity contribution in [1.82, 2.24) is 0 Å². The highest BCUT2D eigenvalue weighted by Crippen LogP contribution is 2.76. The number of carbonyl (C=O) groups excluding carboxylic acids is 1. The minimum absolute atomic E-state index is 0.141. The Morgan fingerprint density at radius 1 is 0.561 bits per heavy atom. The van der Waals surface area contributed by atoms with Gasteiger partial charge in [-0.15, -0.1) is 0 Å². The smallest absolute Gasteiger partial charge is 0.317 e. The number of hydrogen-bond donors (Lipinski definition) is 14. The number of aliphatic hydroxyl groups is 14. The van der Waals surface area contributed by atoms with Crippen molar-refractivity contribution < 1.29 is 124 Å². The summed E-state index contributed by atoms with van der Waals surface area (Å²) in [4.78, 5) is 15.4. The van der Waals surface area contributed by atoms with E-state index in [1.54, 1.807) is 0 Å². The number of aliphatic hydroxyl groups excluding tert-OH is 14. The summed E-state index contributed by atoms with van der Waals surface area (Å²) in [6.45, 7) is 15.1. The zero-order valence-corrected chi connectivity index (χ0v) is 48.1. The van der Waals surface area contributed by atoms with E-state index in [1.807, 2.05) is 0 Å². The van der Waals surface area contributed by atoms with E-state index < -0.39 is 196 Å². The summed E-state index contributed by atoms with van der Waals surface area (Å²) in [7, 11) is 0. The second-order valence-corrected chi connectivity index (χ2v) is 27.8. The molecule has 25 nitrogen and oxygen atoms in total. The Hall–Kier alpha value is -1.71. The molecule has 10 rings (SSSR count). The summed E-state index contributed by atoms with van der Waals surface area (Å²) in [6, 6.07) is 0. The Labute approximate surface area is 477 Å². The van der Waals surface area contributed by atoms with Crippen LogP contribution in [0.4, 0.5) is 0 Å². The highest BCUT2D eigenvalue weighted by atomic mass is 16.8. The molecule has 0 bridgehead atoms. The number of esters is 1. The lowest BCUT2D eigenvalue weighted by Gasteiger charge is -2.71. The van der Waals surface area contributed by atoms with Crippen LogP contribution in [0.1, 0.15) is 113 Å². The monoisotopic (exact) mass is 1180 g/mol. The van der Waals surface area contributed by atoms with Gasteiger partial charge in [0.2, 0.25) is 6.29 Å². The van der Waals surface area contributed by atoms with Crippen molar-refractivity contribution in [2.75, 3.05) is 26.4 Å². The quantitative estimate of drug-likeness (QED) is 0.0588. The van der Waals surface area contributed by atoms with Gasteiger partial charge < -0.3 is 119 Å². The number of hydrogen-bond acceptors (Lipinski definition) is 25. The number of rotatable bonds is 11. The van der Waals surface area contributed by atoms with Gasteiger partial charge in [0.25, 0.3) is 0 Å². The van der Waals surface area contributed by atoms with E-state index in [4.69, 9.17) is 47.4 Å². The van der Waals surface area contributed by atoms with Crippen molar-refractivity contribution in [1.29, 1.82) is 0 Å². The van der Waals surface area contributed by atoms with Gasteiger partial charge in [0.15, 0.2) is 31.3 Å². The van der Waals surface area contributed by atoms with Crippen molar-refractivity contribution in [3.05, 3.63) is 11.6 Å². The van der Waals surface area contributed by atoms with Crippen LogP contribution in [0, 0.1) is 50.2 Å². The van der Waals surface area contributed by atoms with Crippen molar-refractivity contribution >= 4 is 5.97 Å². The average Bonchev–Trinajstić information content (AvgIpc) is 0.745. The molecular formula is C57H92O25. The summed E-state index contributed by atoms with van der Waals surface area (Å²) in [5, 5.41) is 153. The van der Waals surface area contributed by atoms with Crippen LogP contribution >= 0.6 is 0 Å². The minimum Gasteiger partial charge on any atom is -0.432 e. The molecule has 14 N–H and O–H groups in total. The summed E-state index contributed by atoms with van der Waals surface area (Å²) >= 11 is 0. The van der Waals surface area contributed by atoms with Gasteiger partial charge in [-0.3, -0.25) is 4.79 Å². The predicted molar refractivity (Wildman–Crippen MR) is 277 cm³/mol. The third-order valence-electron chi connectivity index (χ3n) is 22.3. The molecule has 4 saturated carbocycles. The van der Waals surface area contributed by atoms with E-state index in [2.05, 4.69) is 54.5 Å². The fourth-order valence-electron chi connectivity index (χ4n) is 17.2. The molecule has 5 heterocycles. The van der Waals surface area contributed by atoms with Crippen molar-refractivity contribution in [2.24, 2.45) is 50.2 Å². The standard InChI is InChI=1S/C57H92O25/c1-23-43(79-47-42(71)44(28(61)22-74-47)80-46-39(68)34(63)26(59)20-73-46)38(67)41(70)48(76-23)81-45-35(64)27(60)21-75-50(45)82-51(72)57-16-15-52(2,3)17-25(57)24-9-10-31-54(6)13-12-33(78-49-40(69)37(66)36(65)29(19-58)77-49)53(4,5)30(54)11-14-55(31,7)56(24,8)18-32(57)62/h9,23,25-50,58-71H,10-22H2,1-8H3/t23-,25-,26+,27-,28+,29+,30-,31+,32+,33-,34-,35-,36+,37-,38-,39+,40+,41+,42+,43-,44-,45+,46-,47-,48-,49-,50-,54-,55+,56+,57+/m0/s1. The molecule has 0 aromatic rings. The highest BCUT2D eigenvalue weighted by molar-refractivity contribution is 5.80. The summed E-state index contributed by atoms with van der Waals surface area (Å²) in [5.41, 5.74) is -2.23. The third-order valence-corrected chi connectivity index (χ3v) is 22.3. The average molecular weight is 1180 g/mol. The van der Waals surface area contributed by atoms with Gasteiger partial charge in [0.1, 0.15) is 97.0 Å². The molecule has 470 valence electrons. The van der Waals surface area contributed by atoms with Crippen LogP contribution in [0.15, 0.2) is 11.6 Å². The van der Waals surface area contributed by atoms with E-state index in [0.717, 1.165) is 24.8 Å². The van der Waals surface area contributed by atoms with Crippen molar-refractivity contribution in [2.45, 2.75) is 261 Å². The Balaban J connectivity index is 0.844. The van der Waals surface area contributed by atoms with E-state index in [-0.39, 0.29) is 47.0 Å². The van der Waals surface area contributed by atoms with Gasteiger partial charge in [-0.2, -0.15) is 0 Å². The van der Waals surface area contributed by atoms with Crippen LogP contribution in [-0.4, -0.2) is 251 Å². The molecule has 0 spiro atoms. The second-order valence-electron chi connectivity index (χ2n) is 27.8. The molecule has 0 aromatic carbocycles. The van der Waals surface area contributed by atoms with Crippen molar-refractivity contribution in [3.8, 4) is 0 Å². The SMILES string of the molecule is C[C@@H]1O[C@@H](O[C@H]2[C@H](OC(=O)[C@]34CCC(C)(C)C[C@H]3C3=CC[C@@H]5[C@@]6(C)CC[C@H](O[C@@H]7O[C@H](CO)[C@@H](O)[C@H](O)[C@H]7O)C(C)(C)[C@@H]6CC[C@@]5(C)[C@]3(C)C[C@H]4O)OC[C@H](O)[C@@H]2O)[C@H](O)[C@H](O)[C@H]1O[C@@H]1OC[C@@H](O)[C@H](O[C@@H]2OC[C@@H](O)[C@H](O)[C@H]2O)[C@H]1O. The first-order valence-corrected chi connectivity index (χ1v) is 29.5. The maximum Gasteiger partial charge on any atom is 0.317 e. The fraction of sp³-hybridized carbons (Fsp3) is 0.947. The number of fused-ring (bicyclic) bond motifs is 7. The largest absolute Gasteiger partial charge is 0.432 e. The third kappa shape index (κ3) is 10.4.